The molecule has 5 nitrogen and oxygen atoms in total. The Kier molecular flexibility index (Phi) is 5.62. The number of oxime groups is 1. The van der Waals surface area contributed by atoms with Crippen LogP contribution in [-0.2, 0) is 27.1 Å². The molecule has 2 aromatic rings. The summed E-state index contributed by atoms with van der Waals surface area (Å²) in [6, 6.07) is 9.16. The van der Waals surface area contributed by atoms with Crippen LogP contribution in [0.25, 0.3) is 0 Å². The van der Waals surface area contributed by atoms with E-state index in [1.807, 2.05) is 0 Å². The fourth-order valence-corrected chi connectivity index (χ4v) is 2.90. The second-order valence-electron chi connectivity index (χ2n) is 5.79. The van der Waals surface area contributed by atoms with Gasteiger partial charge in [-0.3, -0.25) is 4.79 Å². The predicted octanol–water partition coefficient (Wildman–Crippen LogP) is 4.39. The molecule has 0 N–H and O–H groups in total. The lowest BCUT2D eigenvalue weighted by Crippen LogP contribution is -2.30. The molecule has 0 saturated carbocycles. The van der Waals surface area contributed by atoms with E-state index in [1.54, 1.807) is 0 Å². The van der Waals surface area contributed by atoms with Crippen LogP contribution in [0.3, 0.4) is 0 Å². The highest BCUT2D eigenvalue weighted by Gasteiger charge is 2.36. The monoisotopic (exact) mass is 430 g/mol. The number of fused-ring (bicyclic) bond motifs is 1. The number of alkyl halides is 4. The van der Waals surface area contributed by atoms with Crippen LogP contribution in [-0.4, -0.2) is 23.5 Å². The Labute approximate surface area is 167 Å². The molecule has 28 heavy (non-hydrogen) atoms. The molecule has 1 heterocycles. The first-order valence-electron chi connectivity index (χ1n) is 7.82. The predicted molar refractivity (Wildman–Crippen MR) is 97.4 cm³/mol. The molecule has 0 aliphatic carbocycles. The van der Waals surface area contributed by atoms with E-state index in [2.05, 4.69) is 9.99 Å². The van der Waals surface area contributed by atoms with Crippen molar-refractivity contribution in [1.29, 1.82) is 0 Å². The molecule has 1 amide bonds. The molecule has 1 aliphatic rings. The molecular weight excluding hydrogens is 420 g/mol. The van der Waals surface area contributed by atoms with E-state index in [9.17, 15) is 22.8 Å². The number of carbonyl (C=O) groups is 2. The van der Waals surface area contributed by atoms with Gasteiger partial charge in [-0.25, -0.2) is 4.79 Å². The summed E-state index contributed by atoms with van der Waals surface area (Å²) in [5, 5.41) is 3.87. The van der Waals surface area contributed by atoms with E-state index in [4.69, 9.17) is 23.2 Å². The van der Waals surface area contributed by atoms with E-state index in [0.29, 0.717) is 16.3 Å². The number of amides is 1. The molecule has 0 aromatic heterocycles. The lowest BCUT2D eigenvalue weighted by molar-refractivity contribution is -0.140. The molecule has 0 saturated heterocycles. The topological polar surface area (TPSA) is 59.0 Å². The number of hydrogen-bond donors (Lipinski definition) is 0. The number of nitrogens with zero attached hydrogens (tertiary/aromatic N) is 2. The molecule has 146 valence electrons. The van der Waals surface area contributed by atoms with Gasteiger partial charge in [0.2, 0.25) is 0 Å². The molecule has 0 atom stereocenters. The maximum atomic E-state index is 12.9. The number of benzene rings is 2. The largest absolute Gasteiger partial charge is 0.416 e. The van der Waals surface area contributed by atoms with Gasteiger partial charge in [0.1, 0.15) is 5.88 Å². The molecule has 0 spiro atoms. The maximum Gasteiger partial charge on any atom is 0.416 e. The van der Waals surface area contributed by atoms with Gasteiger partial charge in [0.05, 0.1) is 17.8 Å². The van der Waals surface area contributed by atoms with Crippen molar-refractivity contribution < 1.29 is 27.6 Å². The Hall–Kier alpha value is -2.58. The Morgan fingerprint density at radius 1 is 1.18 bits per heavy atom. The summed E-state index contributed by atoms with van der Waals surface area (Å²) in [5.41, 5.74) is -0.0664. The number of carbonyl (C=O) groups excluding carboxylic acids is 2. The van der Waals surface area contributed by atoms with Gasteiger partial charge in [0, 0.05) is 10.6 Å². The number of anilines is 1. The highest BCUT2D eigenvalue weighted by atomic mass is 35.5. The summed E-state index contributed by atoms with van der Waals surface area (Å²) < 4.78 is 38.8. The summed E-state index contributed by atoms with van der Waals surface area (Å²) in [7, 11) is 0. The van der Waals surface area contributed by atoms with Crippen molar-refractivity contribution >= 4 is 46.5 Å². The van der Waals surface area contributed by atoms with Crippen molar-refractivity contribution in [3.05, 3.63) is 64.2 Å². The van der Waals surface area contributed by atoms with Crippen LogP contribution >= 0.6 is 23.2 Å². The third-order valence-corrected chi connectivity index (χ3v) is 4.35. The smallest absolute Gasteiger partial charge is 0.316 e. The SMILES string of the molecule is O=C(CCl)O/N=C1/C(=O)N(Cc2cccc(C(F)(F)F)c2)c2ccc(Cl)cc21. The molecule has 3 rings (SSSR count). The van der Waals surface area contributed by atoms with E-state index in [0.717, 1.165) is 12.1 Å². The average Bonchev–Trinajstić information content (AvgIpc) is 2.90. The van der Waals surface area contributed by atoms with Gasteiger partial charge in [-0.15, -0.1) is 11.6 Å². The van der Waals surface area contributed by atoms with Crippen LogP contribution in [0.1, 0.15) is 16.7 Å². The number of rotatable bonds is 4. The molecule has 0 bridgehead atoms. The molecule has 2 aromatic carbocycles. The van der Waals surface area contributed by atoms with Crippen molar-refractivity contribution in [3.63, 3.8) is 0 Å². The Balaban J connectivity index is 1.97. The molecular formula is C18H11Cl2F3N2O3. The summed E-state index contributed by atoms with van der Waals surface area (Å²) in [4.78, 5) is 29.8. The maximum absolute atomic E-state index is 12.9. The van der Waals surface area contributed by atoms with Gasteiger partial charge in [-0.05, 0) is 35.9 Å². The highest BCUT2D eigenvalue weighted by molar-refractivity contribution is 6.54. The van der Waals surface area contributed by atoms with E-state index in [-0.39, 0.29) is 17.8 Å². The lowest BCUT2D eigenvalue weighted by atomic mass is 10.1. The van der Waals surface area contributed by atoms with Crippen molar-refractivity contribution in [1.82, 2.24) is 0 Å². The average molecular weight is 431 g/mol. The summed E-state index contributed by atoms with van der Waals surface area (Å²) in [6.45, 7) is -0.139. The summed E-state index contributed by atoms with van der Waals surface area (Å²) >= 11 is 11.3. The van der Waals surface area contributed by atoms with Crippen molar-refractivity contribution in [2.24, 2.45) is 5.16 Å². The van der Waals surface area contributed by atoms with Crippen LogP contribution in [0.15, 0.2) is 47.6 Å². The minimum absolute atomic E-state index is 0.139. The van der Waals surface area contributed by atoms with Gasteiger partial charge >= 0.3 is 12.1 Å². The van der Waals surface area contributed by atoms with Crippen LogP contribution < -0.4 is 4.90 Å². The zero-order valence-electron chi connectivity index (χ0n) is 14.0. The fourth-order valence-electron chi connectivity index (χ4n) is 2.68. The first-order chi connectivity index (χ1) is 13.2. The second-order valence-corrected chi connectivity index (χ2v) is 6.49. The van der Waals surface area contributed by atoms with Gasteiger partial charge in [-0.2, -0.15) is 13.2 Å². The second kappa shape index (κ2) is 7.81. The molecule has 0 radical (unpaired) electrons. The quantitative estimate of drug-likeness (QED) is 0.410. The number of hydrogen-bond acceptors (Lipinski definition) is 4. The summed E-state index contributed by atoms with van der Waals surface area (Å²) in [5.74, 6) is -1.96. The Morgan fingerprint density at radius 3 is 2.61 bits per heavy atom. The highest BCUT2D eigenvalue weighted by Crippen LogP contribution is 2.34. The van der Waals surface area contributed by atoms with Crippen molar-refractivity contribution in [2.75, 3.05) is 10.8 Å². The van der Waals surface area contributed by atoms with Gasteiger partial charge in [0.15, 0.2) is 5.71 Å². The van der Waals surface area contributed by atoms with Crippen LogP contribution in [0, 0.1) is 0 Å². The third-order valence-electron chi connectivity index (χ3n) is 3.90. The minimum Gasteiger partial charge on any atom is -0.316 e. The zero-order chi connectivity index (χ0) is 20.5. The molecule has 0 unspecified atom stereocenters. The van der Waals surface area contributed by atoms with Gasteiger partial charge in [-0.1, -0.05) is 28.9 Å². The van der Waals surface area contributed by atoms with E-state index in [1.165, 1.54) is 35.2 Å². The Bertz CT molecular complexity index is 977. The van der Waals surface area contributed by atoms with Crippen molar-refractivity contribution in [2.45, 2.75) is 12.7 Å². The lowest BCUT2D eigenvalue weighted by Gasteiger charge is -2.18. The number of halogens is 5. The summed E-state index contributed by atoms with van der Waals surface area (Å²) in [6.07, 6.45) is -4.50. The first-order valence-corrected chi connectivity index (χ1v) is 8.73. The molecule has 0 fully saturated rings. The third kappa shape index (κ3) is 4.13. The van der Waals surface area contributed by atoms with Crippen LogP contribution in [0.2, 0.25) is 5.02 Å². The zero-order valence-corrected chi connectivity index (χ0v) is 15.5. The van der Waals surface area contributed by atoms with E-state index >= 15 is 0 Å². The molecule has 10 heteroatoms. The fraction of sp³-hybridized carbons (Fsp3) is 0.167. The van der Waals surface area contributed by atoms with E-state index < -0.39 is 29.5 Å². The first kappa shape index (κ1) is 20.2. The van der Waals surface area contributed by atoms with Crippen molar-refractivity contribution in [3.8, 4) is 0 Å². The Morgan fingerprint density at radius 2 is 1.93 bits per heavy atom. The molecule has 1 aliphatic heterocycles. The minimum atomic E-state index is -4.50. The van der Waals surface area contributed by atoms with Gasteiger partial charge < -0.3 is 9.74 Å². The standard InChI is InChI=1S/C18H11Cl2F3N2O3/c19-8-15(26)28-24-16-13-7-12(20)4-5-14(13)25(17(16)27)9-10-2-1-3-11(6-10)18(21,22)23/h1-7H,8-9H2/b24-16+. The van der Waals surface area contributed by atoms with Gasteiger partial charge in [0.25, 0.3) is 5.91 Å². The normalized spacial score (nSPS) is 15.1. The van der Waals surface area contributed by atoms with Crippen LogP contribution in [0.5, 0.6) is 0 Å². The van der Waals surface area contributed by atoms with Crippen LogP contribution in [0.4, 0.5) is 18.9 Å².